The molecule has 1 saturated heterocycles. The summed E-state index contributed by atoms with van der Waals surface area (Å²) >= 11 is 0. The van der Waals surface area contributed by atoms with Gasteiger partial charge in [0.2, 0.25) is 0 Å². The molecule has 2 aromatic carbocycles. The Morgan fingerprint density at radius 2 is 1.75 bits per heavy atom. The van der Waals surface area contributed by atoms with Crippen molar-refractivity contribution in [3.8, 4) is 5.75 Å². The molecule has 128 valence electrons. The molecule has 1 N–H and O–H groups in total. The predicted octanol–water partition coefficient (Wildman–Crippen LogP) is 2.37. The van der Waals surface area contributed by atoms with Crippen molar-refractivity contribution in [1.29, 1.82) is 0 Å². The van der Waals surface area contributed by atoms with Crippen molar-refractivity contribution >= 4 is 0 Å². The van der Waals surface area contributed by atoms with Crippen LogP contribution in [0.4, 0.5) is 0 Å². The highest BCUT2D eigenvalue weighted by Crippen LogP contribution is 2.24. The third-order valence-corrected chi connectivity index (χ3v) is 4.60. The zero-order chi connectivity index (χ0) is 16.9. The fourth-order valence-electron chi connectivity index (χ4n) is 3.24. The first-order valence-corrected chi connectivity index (χ1v) is 8.45. The summed E-state index contributed by atoms with van der Waals surface area (Å²) in [7, 11) is 4.04. The van der Waals surface area contributed by atoms with E-state index in [0.29, 0.717) is 13.2 Å². The Morgan fingerprint density at radius 1 is 1.04 bits per heavy atom. The van der Waals surface area contributed by atoms with Crippen LogP contribution in [0.25, 0.3) is 0 Å². The standard InChI is InChI=1S/C20H26N2O2/c1-21(2)18-13-22(14-19(18)23)12-17-10-6-7-11-20(17)24-15-16-8-4-3-5-9-16/h3-11,18-19,23H,12-15H2,1-2H3/t18-,19-/m1/s1. The van der Waals surface area contributed by atoms with E-state index in [9.17, 15) is 5.11 Å². The zero-order valence-electron chi connectivity index (χ0n) is 14.4. The van der Waals surface area contributed by atoms with Crippen LogP contribution in [-0.4, -0.2) is 54.2 Å². The second kappa shape index (κ2) is 7.79. The van der Waals surface area contributed by atoms with Gasteiger partial charge in [-0.1, -0.05) is 48.5 Å². The maximum absolute atomic E-state index is 10.2. The van der Waals surface area contributed by atoms with Crippen molar-refractivity contribution in [1.82, 2.24) is 9.80 Å². The summed E-state index contributed by atoms with van der Waals surface area (Å²) in [5.74, 6) is 0.921. The second-order valence-electron chi connectivity index (χ2n) is 6.67. The number of nitrogens with zero attached hydrogens (tertiary/aromatic N) is 2. The van der Waals surface area contributed by atoms with Crippen molar-refractivity contribution in [3.63, 3.8) is 0 Å². The van der Waals surface area contributed by atoms with Crippen molar-refractivity contribution < 1.29 is 9.84 Å². The van der Waals surface area contributed by atoms with Gasteiger partial charge in [-0.2, -0.15) is 0 Å². The molecule has 1 heterocycles. The molecule has 4 nitrogen and oxygen atoms in total. The smallest absolute Gasteiger partial charge is 0.124 e. The molecule has 2 atom stereocenters. The number of aliphatic hydroxyl groups is 1. The Balaban J connectivity index is 1.64. The highest BCUT2D eigenvalue weighted by atomic mass is 16.5. The number of hydrogen-bond donors (Lipinski definition) is 1. The molecule has 0 bridgehead atoms. The fraction of sp³-hybridized carbons (Fsp3) is 0.400. The first-order chi connectivity index (χ1) is 11.6. The maximum atomic E-state index is 10.2. The van der Waals surface area contributed by atoms with Crippen LogP contribution in [0.15, 0.2) is 54.6 Å². The van der Waals surface area contributed by atoms with Crippen LogP contribution in [0.1, 0.15) is 11.1 Å². The van der Waals surface area contributed by atoms with Gasteiger partial charge >= 0.3 is 0 Å². The number of hydrogen-bond acceptors (Lipinski definition) is 4. The van der Waals surface area contributed by atoms with Crippen LogP contribution in [-0.2, 0) is 13.2 Å². The third-order valence-electron chi connectivity index (χ3n) is 4.60. The summed E-state index contributed by atoms with van der Waals surface area (Å²) in [6.07, 6.45) is -0.294. The van der Waals surface area contributed by atoms with Gasteiger partial charge < -0.3 is 14.7 Å². The van der Waals surface area contributed by atoms with Gasteiger partial charge in [-0.15, -0.1) is 0 Å². The van der Waals surface area contributed by atoms with E-state index in [4.69, 9.17) is 4.74 Å². The summed E-state index contributed by atoms with van der Waals surface area (Å²) in [4.78, 5) is 4.39. The van der Waals surface area contributed by atoms with Crippen LogP contribution in [0, 0.1) is 0 Å². The summed E-state index contributed by atoms with van der Waals surface area (Å²) in [6, 6.07) is 18.6. The first-order valence-electron chi connectivity index (χ1n) is 8.45. The topological polar surface area (TPSA) is 35.9 Å². The Hall–Kier alpha value is -1.88. The number of aliphatic hydroxyl groups excluding tert-OH is 1. The molecule has 0 aliphatic carbocycles. The quantitative estimate of drug-likeness (QED) is 0.884. The Labute approximate surface area is 144 Å². The molecular weight excluding hydrogens is 300 g/mol. The maximum Gasteiger partial charge on any atom is 0.124 e. The molecular formula is C20H26N2O2. The molecule has 4 heteroatoms. The van der Waals surface area contributed by atoms with E-state index in [-0.39, 0.29) is 12.1 Å². The fourth-order valence-corrected chi connectivity index (χ4v) is 3.24. The van der Waals surface area contributed by atoms with E-state index in [1.807, 2.05) is 50.5 Å². The third kappa shape index (κ3) is 4.15. The van der Waals surface area contributed by atoms with Crippen LogP contribution in [0.5, 0.6) is 5.75 Å². The van der Waals surface area contributed by atoms with Crippen molar-refractivity contribution in [2.75, 3.05) is 27.2 Å². The minimum absolute atomic E-state index is 0.197. The highest BCUT2D eigenvalue weighted by Gasteiger charge is 2.32. The van der Waals surface area contributed by atoms with Gasteiger partial charge in [0.15, 0.2) is 0 Å². The molecule has 1 aliphatic heterocycles. The van der Waals surface area contributed by atoms with Gasteiger partial charge in [-0.3, -0.25) is 4.90 Å². The average molecular weight is 326 g/mol. The molecule has 1 fully saturated rings. The number of rotatable bonds is 6. The van der Waals surface area contributed by atoms with Crippen LogP contribution < -0.4 is 4.74 Å². The number of β-amino-alcohol motifs (C(OH)–C–C–N with tert-alkyl or cyclic N) is 1. The second-order valence-corrected chi connectivity index (χ2v) is 6.67. The lowest BCUT2D eigenvalue weighted by molar-refractivity contribution is 0.112. The zero-order valence-corrected chi connectivity index (χ0v) is 14.4. The minimum Gasteiger partial charge on any atom is -0.489 e. The van der Waals surface area contributed by atoms with Crippen molar-refractivity contribution in [3.05, 3.63) is 65.7 Å². The molecule has 0 radical (unpaired) electrons. The Bertz CT molecular complexity index is 645. The summed E-state index contributed by atoms with van der Waals surface area (Å²) in [6.45, 7) is 2.95. The molecule has 0 saturated carbocycles. The molecule has 0 amide bonds. The SMILES string of the molecule is CN(C)[C@@H]1CN(Cc2ccccc2OCc2ccccc2)C[C@H]1O. The van der Waals surface area contributed by atoms with Gasteiger partial charge in [0.1, 0.15) is 12.4 Å². The van der Waals surface area contributed by atoms with E-state index >= 15 is 0 Å². The predicted molar refractivity (Wildman–Crippen MR) is 96.0 cm³/mol. The molecule has 1 aliphatic rings. The highest BCUT2D eigenvalue weighted by molar-refractivity contribution is 5.33. The van der Waals surface area contributed by atoms with Crippen LogP contribution >= 0.6 is 0 Å². The van der Waals surface area contributed by atoms with Gasteiger partial charge in [0.25, 0.3) is 0 Å². The van der Waals surface area contributed by atoms with Crippen LogP contribution in [0.2, 0.25) is 0 Å². The van der Waals surface area contributed by atoms with Crippen molar-refractivity contribution in [2.45, 2.75) is 25.3 Å². The lowest BCUT2D eigenvalue weighted by Crippen LogP contribution is -2.37. The monoisotopic (exact) mass is 326 g/mol. The van der Waals surface area contributed by atoms with E-state index in [2.05, 4.69) is 28.0 Å². The van der Waals surface area contributed by atoms with Gasteiger partial charge in [0.05, 0.1) is 6.10 Å². The Morgan fingerprint density at radius 3 is 2.46 bits per heavy atom. The molecule has 3 rings (SSSR count). The van der Waals surface area contributed by atoms with Gasteiger partial charge in [-0.25, -0.2) is 0 Å². The first kappa shape index (κ1) is 17.0. The lowest BCUT2D eigenvalue weighted by atomic mass is 10.2. The summed E-state index contributed by atoms with van der Waals surface area (Å²) in [5, 5.41) is 10.2. The van der Waals surface area contributed by atoms with E-state index in [1.54, 1.807) is 0 Å². The number of likely N-dealkylation sites (tertiary alicyclic amines) is 1. The molecule has 0 spiro atoms. The summed E-state index contributed by atoms with van der Waals surface area (Å²) in [5.41, 5.74) is 2.33. The van der Waals surface area contributed by atoms with E-state index in [0.717, 1.165) is 24.4 Å². The van der Waals surface area contributed by atoms with E-state index < -0.39 is 0 Å². The van der Waals surface area contributed by atoms with Gasteiger partial charge in [-0.05, 0) is 25.7 Å². The Kier molecular flexibility index (Phi) is 5.51. The minimum atomic E-state index is -0.294. The lowest BCUT2D eigenvalue weighted by Gasteiger charge is -2.22. The number of likely N-dealkylation sites (N-methyl/N-ethyl adjacent to an activating group) is 1. The molecule has 24 heavy (non-hydrogen) atoms. The van der Waals surface area contributed by atoms with E-state index in [1.165, 1.54) is 5.56 Å². The normalized spacial score (nSPS) is 21.3. The average Bonchev–Trinajstić information content (AvgIpc) is 2.96. The molecule has 0 unspecified atom stereocenters. The van der Waals surface area contributed by atoms with Crippen LogP contribution in [0.3, 0.4) is 0 Å². The number of ether oxygens (including phenoxy) is 1. The number of benzene rings is 2. The summed E-state index contributed by atoms with van der Waals surface area (Å²) < 4.78 is 6.04. The molecule has 0 aromatic heterocycles. The van der Waals surface area contributed by atoms with Crippen molar-refractivity contribution in [2.24, 2.45) is 0 Å². The molecule has 2 aromatic rings. The number of para-hydroxylation sites is 1. The largest absolute Gasteiger partial charge is 0.489 e. The van der Waals surface area contributed by atoms with Gasteiger partial charge in [0, 0.05) is 31.2 Å².